The molecule has 0 unspecified atom stereocenters. The highest BCUT2D eigenvalue weighted by molar-refractivity contribution is 5.98. The molecule has 0 aromatic heterocycles. The third-order valence-corrected chi connectivity index (χ3v) is 1.33. The van der Waals surface area contributed by atoms with Gasteiger partial charge in [0, 0.05) is 0 Å². The fourth-order valence-corrected chi connectivity index (χ4v) is 0.689. The van der Waals surface area contributed by atoms with Crippen LogP contribution in [0.15, 0.2) is 11.3 Å². The van der Waals surface area contributed by atoms with Crippen molar-refractivity contribution in [2.24, 2.45) is 5.90 Å². The predicted octanol–water partition coefficient (Wildman–Crippen LogP) is -0.503. The molecule has 2 N–H and O–H groups in total. The van der Waals surface area contributed by atoms with Crippen LogP contribution >= 0.6 is 0 Å². The molecule has 0 rings (SSSR count). The predicted molar refractivity (Wildman–Crippen MR) is 42.0 cm³/mol. The maximum atomic E-state index is 10.9. The summed E-state index contributed by atoms with van der Waals surface area (Å²) >= 11 is 0. The molecule has 6 heteroatoms. The number of methoxy groups -OCH3 is 2. The van der Waals surface area contributed by atoms with Gasteiger partial charge in [0.1, 0.15) is 0 Å². The maximum Gasteiger partial charge on any atom is 0.392 e. The summed E-state index contributed by atoms with van der Waals surface area (Å²) in [6, 6.07) is 0. The van der Waals surface area contributed by atoms with Crippen molar-refractivity contribution in [3.05, 3.63) is 11.3 Å². The first-order chi connectivity index (χ1) is 6.08. The number of carbonyl (C=O) groups excluding carboxylic acids is 2. The van der Waals surface area contributed by atoms with Gasteiger partial charge in [-0.1, -0.05) is 0 Å². The second-order valence-electron chi connectivity index (χ2n) is 2.06. The fourth-order valence-electron chi connectivity index (χ4n) is 0.689. The fraction of sp³-hybridized carbons (Fsp3) is 0.429. The summed E-state index contributed by atoms with van der Waals surface area (Å²) in [6.45, 7) is 1.36. The standard InChI is InChI=1S/C7H11NO5/c1-4(6(9)12-3)5(11-2)7(10)13-8/h8H2,1-3H3/b5-4-. The molecule has 0 aliphatic rings. The van der Waals surface area contributed by atoms with E-state index in [4.69, 9.17) is 0 Å². The highest BCUT2D eigenvalue weighted by atomic mass is 16.7. The van der Waals surface area contributed by atoms with Crippen LogP contribution in [0.2, 0.25) is 0 Å². The molecule has 0 spiro atoms. The van der Waals surface area contributed by atoms with Gasteiger partial charge >= 0.3 is 11.9 Å². The molecule has 13 heavy (non-hydrogen) atoms. The quantitative estimate of drug-likeness (QED) is 0.278. The van der Waals surface area contributed by atoms with Crippen molar-refractivity contribution < 1.29 is 23.9 Å². The van der Waals surface area contributed by atoms with E-state index in [0.29, 0.717) is 0 Å². The second kappa shape index (κ2) is 5.15. The van der Waals surface area contributed by atoms with Crippen LogP contribution in [-0.4, -0.2) is 26.2 Å². The molecule has 6 nitrogen and oxygen atoms in total. The van der Waals surface area contributed by atoms with Gasteiger partial charge in [-0.05, 0) is 6.92 Å². The number of carbonyl (C=O) groups is 2. The van der Waals surface area contributed by atoms with E-state index in [1.807, 2.05) is 0 Å². The summed E-state index contributed by atoms with van der Waals surface area (Å²) in [5, 5.41) is 0. The van der Waals surface area contributed by atoms with E-state index < -0.39 is 11.9 Å². The first-order valence-electron chi connectivity index (χ1n) is 3.32. The summed E-state index contributed by atoms with van der Waals surface area (Å²) < 4.78 is 8.98. The Hall–Kier alpha value is -1.56. The molecule has 0 saturated carbocycles. The summed E-state index contributed by atoms with van der Waals surface area (Å²) in [5.74, 6) is 2.74. The molecule has 74 valence electrons. The van der Waals surface area contributed by atoms with Crippen LogP contribution in [0.25, 0.3) is 0 Å². The lowest BCUT2D eigenvalue weighted by molar-refractivity contribution is -0.145. The van der Waals surface area contributed by atoms with Gasteiger partial charge in [0.15, 0.2) is 0 Å². The lowest BCUT2D eigenvalue weighted by Gasteiger charge is -2.06. The average molecular weight is 189 g/mol. The van der Waals surface area contributed by atoms with Crippen molar-refractivity contribution in [3.8, 4) is 0 Å². The van der Waals surface area contributed by atoms with Crippen LogP contribution in [0.1, 0.15) is 6.92 Å². The second-order valence-corrected chi connectivity index (χ2v) is 2.06. The number of ether oxygens (including phenoxy) is 2. The molecule has 0 saturated heterocycles. The molecule has 0 radical (unpaired) electrons. The average Bonchev–Trinajstić information content (AvgIpc) is 2.17. The zero-order chi connectivity index (χ0) is 10.4. The molecule has 0 aromatic carbocycles. The topological polar surface area (TPSA) is 87.8 Å². The monoisotopic (exact) mass is 189 g/mol. The molecule has 0 aromatic rings. The molecule has 0 fully saturated rings. The van der Waals surface area contributed by atoms with Gasteiger partial charge in [0.05, 0.1) is 19.8 Å². The minimum absolute atomic E-state index is 0.000417. The lowest BCUT2D eigenvalue weighted by atomic mass is 10.2. The third kappa shape index (κ3) is 2.75. The Morgan fingerprint density at radius 3 is 1.92 bits per heavy atom. The zero-order valence-corrected chi connectivity index (χ0v) is 7.62. The van der Waals surface area contributed by atoms with E-state index in [1.165, 1.54) is 21.1 Å². The largest absolute Gasteiger partial charge is 0.489 e. The number of rotatable bonds is 3. The van der Waals surface area contributed by atoms with E-state index in [2.05, 4.69) is 20.2 Å². The van der Waals surface area contributed by atoms with Crippen LogP contribution < -0.4 is 5.90 Å². The van der Waals surface area contributed by atoms with Crippen molar-refractivity contribution in [1.29, 1.82) is 0 Å². The zero-order valence-electron chi connectivity index (χ0n) is 7.62. The molecule has 0 aliphatic carbocycles. The van der Waals surface area contributed by atoms with Gasteiger partial charge in [-0.15, -0.1) is 0 Å². The summed E-state index contributed by atoms with van der Waals surface area (Å²) in [4.78, 5) is 25.7. The van der Waals surface area contributed by atoms with Crippen LogP contribution in [-0.2, 0) is 23.9 Å². The van der Waals surface area contributed by atoms with Crippen LogP contribution in [0.4, 0.5) is 0 Å². The van der Waals surface area contributed by atoms with E-state index in [-0.39, 0.29) is 11.3 Å². The summed E-state index contributed by atoms with van der Waals surface area (Å²) in [7, 11) is 2.41. The Labute approximate surface area is 75.2 Å². The van der Waals surface area contributed by atoms with E-state index in [0.717, 1.165) is 0 Å². The van der Waals surface area contributed by atoms with Gasteiger partial charge in [-0.3, -0.25) is 0 Å². The Balaban J connectivity index is 4.89. The van der Waals surface area contributed by atoms with Gasteiger partial charge in [-0.25, -0.2) is 9.59 Å². The molecule has 0 aliphatic heterocycles. The number of hydrogen-bond acceptors (Lipinski definition) is 6. The van der Waals surface area contributed by atoms with E-state index >= 15 is 0 Å². The van der Waals surface area contributed by atoms with E-state index in [1.54, 1.807) is 0 Å². The van der Waals surface area contributed by atoms with Crippen LogP contribution in [0.5, 0.6) is 0 Å². The van der Waals surface area contributed by atoms with Crippen molar-refractivity contribution >= 4 is 11.9 Å². The smallest absolute Gasteiger partial charge is 0.392 e. The van der Waals surface area contributed by atoms with Gasteiger partial charge in [-0.2, -0.15) is 5.90 Å². The third-order valence-electron chi connectivity index (χ3n) is 1.33. The van der Waals surface area contributed by atoms with Gasteiger partial charge < -0.3 is 14.3 Å². The first-order valence-corrected chi connectivity index (χ1v) is 3.32. The highest BCUT2D eigenvalue weighted by Crippen LogP contribution is 2.07. The molecule has 0 atom stereocenters. The van der Waals surface area contributed by atoms with Crippen molar-refractivity contribution in [1.82, 2.24) is 0 Å². The molecular weight excluding hydrogens is 178 g/mol. The maximum absolute atomic E-state index is 10.9. The number of esters is 1. The highest BCUT2D eigenvalue weighted by Gasteiger charge is 2.19. The SMILES string of the molecule is COC(=O)/C(C)=C(\OC)C(=O)ON. The summed E-state index contributed by atoms with van der Waals surface area (Å²) in [6.07, 6.45) is 0. The molecule has 0 heterocycles. The molecule has 0 amide bonds. The van der Waals surface area contributed by atoms with Gasteiger partial charge in [0.25, 0.3) is 0 Å². The van der Waals surface area contributed by atoms with Crippen molar-refractivity contribution in [2.45, 2.75) is 6.92 Å². The van der Waals surface area contributed by atoms with Crippen LogP contribution in [0, 0.1) is 0 Å². The van der Waals surface area contributed by atoms with Gasteiger partial charge in [0.2, 0.25) is 5.76 Å². The number of nitrogens with two attached hydrogens (primary N) is 1. The molecule has 0 bridgehead atoms. The Kier molecular flexibility index (Phi) is 4.53. The van der Waals surface area contributed by atoms with E-state index in [9.17, 15) is 9.59 Å². The normalized spacial score (nSPS) is 11.4. The van der Waals surface area contributed by atoms with Crippen molar-refractivity contribution in [2.75, 3.05) is 14.2 Å². The minimum Gasteiger partial charge on any atom is -0.489 e. The Morgan fingerprint density at radius 2 is 1.62 bits per heavy atom. The first kappa shape index (κ1) is 11.4. The minimum atomic E-state index is -0.926. The molecular formula is C7H11NO5. The summed E-state index contributed by atoms with van der Waals surface area (Å²) in [5.41, 5.74) is 0.000417. The van der Waals surface area contributed by atoms with Crippen molar-refractivity contribution in [3.63, 3.8) is 0 Å². The lowest BCUT2D eigenvalue weighted by Crippen LogP contribution is -2.18. The van der Waals surface area contributed by atoms with Crippen LogP contribution in [0.3, 0.4) is 0 Å². The Morgan fingerprint density at radius 1 is 1.08 bits per heavy atom. The Bertz CT molecular complexity index is 245. The number of hydrogen-bond donors (Lipinski definition) is 1.